The summed E-state index contributed by atoms with van der Waals surface area (Å²) in [6, 6.07) is 0. The van der Waals surface area contributed by atoms with E-state index >= 15 is 0 Å². The van der Waals surface area contributed by atoms with Gasteiger partial charge in [-0.2, -0.15) is 13.2 Å². The van der Waals surface area contributed by atoms with E-state index in [-0.39, 0.29) is 11.8 Å². The van der Waals surface area contributed by atoms with E-state index < -0.39 is 29.4 Å². The molecule has 0 aromatic carbocycles. The van der Waals surface area contributed by atoms with E-state index in [2.05, 4.69) is 5.32 Å². The van der Waals surface area contributed by atoms with Gasteiger partial charge in [0.15, 0.2) is 0 Å². The molecule has 0 aliphatic rings. The molecule has 0 saturated heterocycles. The van der Waals surface area contributed by atoms with Gasteiger partial charge in [0.2, 0.25) is 5.91 Å². The Hall–Kier alpha value is -0.630. The summed E-state index contributed by atoms with van der Waals surface area (Å²) in [5.74, 6) is -0.497. The van der Waals surface area contributed by atoms with Gasteiger partial charge in [0, 0.05) is 28.9 Å². The van der Waals surface area contributed by atoms with E-state index in [4.69, 9.17) is 0 Å². The fourth-order valence-corrected chi connectivity index (χ4v) is 1.41. The SMILES string of the molecule is CC(CCNC(=O)CNCC(F)(F)F)S(C)=O. The molecular formula is C9H17F3N2O2S. The first-order valence-electron chi connectivity index (χ1n) is 5.09. The Bertz CT molecular complexity index is 271. The highest BCUT2D eigenvalue weighted by atomic mass is 32.2. The molecule has 0 aliphatic heterocycles. The minimum absolute atomic E-state index is 0.0431. The minimum atomic E-state index is -4.31. The van der Waals surface area contributed by atoms with Gasteiger partial charge < -0.3 is 10.6 Å². The van der Waals surface area contributed by atoms with Gasteiger partial charge in [-0.3, -0.25) is 9.00 Å². The maximum atomic E-state index is 11.7. The van der Waals surface area contributed by atoms with E-state index in [1.807, 2.05) is 5.32 Å². The van der Waals surface area contributed by atoms with E-state index in [9.17, 15) is 22.2 Å². The summed E-state index contributed by atoms with van der Waals surface area (Å²) >= 11 is 0. The van der Waals surface area contributed by atoms with Crippen LogP contribution in [0.4, 0.5) is 13.2 Å². The van der Waals surface area contributed by atoms with Crippen LogP contribution in [0.15, 0.2) is 0 Å². The summed E-state index contributed by atoms with van der Waals surface area (Å²) in [5, 5.41) is 4.40. The fourth-order valence-electron chi connectivity index (χ4n) is 0.961. The lowest BCUT2D eigenvalue weighted by Crippen LogP contribution is -2.39. The number of carbonyl (C=O) groups is 1. The smallest absolute Gasteiger partial charge is 0.355 e. The fraction of sp³-hybridized carbons (Fsp3) is 0.889. The highest BCUT2D eigenvalue weighted by Crippen LogP contribution is 2.11. The van der Waals surface area contributed by atoms with E-state index in [0.717, 1.165) is 0 Å². The number of alkyl halides is 3. The van der Waals surface area contributed by atoms with Crippen molar-refractivity contribution >= 4 is 16.7 Å². The lowest BCUT2D eigenvalue weighted by Gasteiger charge is -2.10. The number of carbonyl (C=O) groups excluding carboxylic acids is 1. The van der Waals surface area contributed by atoms with Crippen LogP contribution in [-0.4, -0.2) is 47.4 Å². The molecular weight excluding hydrogens is 257 g/mol. The topological polar surface area (TPSA) is 58.2 Å². The van der Waals surface area contributed by atoms with Crippen LogP contribution < -0.4 is 10.6 Å². The molecule has 0 fully saturated rings. The van der Waals surface area contributed by atoms with Crippen molar-refractivity contribution in [2.24, 2.45) is 0 Å². The number of hydrogen-bond donors (Lipinski definition) is 2. The Morgan fingerprint density at radius 2 is 2.00 bits per heavy atom. The highest BCUT2D eigenvalue weighted by molar-refractivity contribution is 7.84. The Morgan fingerprint density at radius 3 is 2.47 bits per heavy atom. The number of halogens is 3. The van der Waals surface area contributed by atoms with Crippen molar-refractivity contribution in [1.82, 2.24) is 10.6 Å². The Kier molecular flexibility index (Phi) is 7.37. The zero-order valence-electron chi connectivity index (χ0n) is 9.76. The van der Waals surface area contributed by atoms with Crippen molar-refractivity contribution in [3.63, 3.8) is 0 Å². The van der Waals surface area contributed by atoms with Crippen LogP contribution in [0, 0.1) is 0 Å². The van der Waals surface area contributed by atoms with Crippen LogP contribution in [0.3, 0.4) is 0 Å². The van der Waals surface area contributed by atoms with Crippen molar-refractivity contribution < 1.29 is 22.2 Å². The van der Waals surface area contributed by atoms with Gasteiger partial charge in [-0.05, 0) is 6.42 Å². The van der Waals surface area contributed by atoms with Gasteiger partial charge in [-0.1, -0.05) is 6.92 Å². The van der Waals surface area contributed by atoms with Gasteiger partial charge in [0.25, 0.3) is 0 Å². The lowest BCUT2D eigenvalue weighted by atomic mass is 10.3. The van der Waals surface area contributed by atoms with E-state index in [1.54, 1.807) is 13.2 Å². The predicted octanol–water partition coefficient (Wildman–Crippen LogP) is 0.412. The normalized spacial score (nSPS) is 15.4. The molecule has 102 valence electrons. The minimum Gasteiger partial charge on any atom is -0.355 e. The second kappa shape index (κ2) is 7.65. The second-order valence-corrected chi connectivity index (χ2v) is 5.47. The number of nitrogens with one attached hydrogen (secondary N) is 2. The molecule has 0 heterocycles. The average Bonchev–Trinajstić information content (AvgIpc) is 2.15. The first-order valence-corrected chi connectivity index (χ1v) is 6.71. The maximum Gasteiger partial charge on any atom is 0.401 e. The average molecular weight is 274 g/mol. The summed E-state index contributed by atoms with van der Waals surface area (Å²) in [6.45, 7) is 0.538. The predicted molar refractivity (Wildman–Crippen MR) is 60.1 cm³/mol. The van der Waals surface area contributed by atoms with Gasteiger partial charge in [-0.25, -0.2) is 0 Å². The molecule has 2 unspecified atom stereocenters. The third-order valence-electron chi connectivity index (χ3n) is 2.05. The van der Waals surface area contributed by atoms with E-state index in [0.29, 0.717) is 13.0 Å². The summed E-state index contributed by atoms with van der Waals surface area (Å²) in [7, 11) is -0.958. The second-order valence-electron chi connectivity index (χ2n) is 3.67. The lowest BCUT2D eigenvalue weighted by molar-refractivity contribution is -0.128. The van der Waals surface area contributed by atoms with Crippen LogP contribution >= 0.6 is 0 Å². The molecule has 17 heavy (non-hydrogen) atoms. The van der Waals surface area contributed by atoms with Crippen LogP contribution in [0.5, 0.6) is 0 Å². The molecule has 0 aromatic heterocycles. The molecule has 2 N–H and O–H groups in total. The summed E-state index contributed by atoms with van der Waals surface area (Å²) in [6.07, 6.45) is -2.21. The van der Waals surface area contributed by atoms with Crippen molar-refractivity contribution in [2.75, 3.05) is 25.9 Å². The molecule has 8 heteroatoms. The van der Waals surface area contributed by atoms with E-state index in [1.165, 1.54) is 0 Å². The first kappa shape index (κ1) is 16.4. The van der Waals surface area contributed by atoms with Crippen molar-refractivity contribution in [2.45, 2.75) is 24.8 Å². The molecule has 0 saturated carbocycles. The molecule has 0 bridgehead atoms. The standard InChI is InChI=1S/C9H17F3N2O2S/c1-7(17(2)16)3-4-14-8(15)5-13-6-9(10,11)12/h7,13H,3-6H2,1-2H3,(H,14,15). The summed E-state index contributed by atoms with van der Waals surface area (Å²) in [5.41, 5.74) is 0. The zero-order valence-corrected chi connectivity index (χ0v) is 10.6. The molecule has 1 amide bonds. The third kappa shape index (κ3) is 10.3. The van der Waals surface area contributed by atoms with Gasteiger partial charge in [0.1, 0.15) is 0 Å². The van der Waals surface area contributed by atoms with Crippen LogP contribution in [-0.2, 0) is 15.6 Å². The first-order chi connectivity index (χ1) is 7.72. The Balaban J connectivity index is 3.57. The molecule has 0 radical (unpaired) electrons. The molecule has 0 aromatic rings. The largest absolute Gasteiger partial charge is 0.401 e. The molecule has 2 atom stereocenters. The quantitative estimate of drug-likeness (QED) is 0.707. The summed E-state index contributed by atoms with van der Waals surface area (Å²) in [4.78, 5) is 11.1. The van der Waals surface area contributed by atoms with Gasteiger partial charge >= 0.3 is 6.18 Å². The van der Waals surface area contributed by atoms with Crippen molar-refractivity contribution in [3.8, 4) is 0 Å². The Morgan fingerprint density at radius 1 is 1.41 bits per heavy atom. The summed E-state index contributed by atoms with van der Waals surface area (Å²) < 4.78 is 46.1. The van der Waals surface area contributed by atoms with Crippen LogP contribution in [0.1, 0.15) is 13.3 Å². The molecule has 0 spiro atoms. The third-order valence-corrected chi connectivity index (χ3v) is 3.42. The highest BCUT2D eigenvalue weighted by Gasteiger charge is 2.26. The number of hydrogen-bond acceptors (Lipinski definition) is 3. The molecule has 0 aliphatic carbocycles. The van der Waals surface area contributed by atoms with Crippen LogP contribution in [0.2, 0.25) is 0 Å². The number of rotatable bonds is 7. The van der Waals surface area contributed by atoms with Crippen molar-refractivity contribution in [3.05, 3.63) is 0 Å². The Labute approximate surface area is 101 Å². The maximum absolute atomic E-state index is 11.7. The zero-order chi connectivity index (χ0) is 13.5. The molecule has 4 nitrogen and oxygen atoms in total. The van der Waals surface area contributed by atoms with Crippen molar-refractivity contribution in [1.29, 1.82) is 0 Å². The number of amides is 1. The van der Waals surface area contributed by atoms with Gasteiger partial charge in [-0.15, -0.1) is 0 Å². The molecule has 0 rings (SSSR count). The van der Waals surface area contributed by atoms with Crippen LogP contribution in [0.25, 0.3) is 0 Å². The van der Waals surface area contributed by atoms with Gasteiger partial charge in [0.05, 0.1) is 13.1 Å². The monoisotopic (exact) mass is 274 g/mol.